The molecular weight excluding hydrogens is 272 g/mol. The van der Waals surface area contributed by atoms with E-state index in [4.69, 9.17) is 4.74 Å². The van der Waals surface area contributed by atoms with E-state index in [1.807, 2.05) is 19.1 Å². The Labute approximate surface area is 121 Å². The maximum absolute atomic E-state index is 11.7. The molecule has 1 N–H and O–H groups in total. The van der Waals surface area contributed by atoms with Crippen LogP contribution in [0.1, 0.15) is 12.5 Å². The van der Waals surface area contributed by atoms with E-state index in [0.717, 1.165) is 6.42 Å². The molecule has 0 spiro atoms. The van der Waals surface area contributed by atoms with Gasteiger partial charge in [0.25, 0.3) is 5.69 Å². The molecule has 0 bridgehead atoms. The largest absolute Gasteiger partial charge is 0.417 e. The minimum absolute atomic E-state index is 0.0575. The second kappa shape index (κ2) is 6.51. The molecule has 1 amide bonds. The van der Waals surface area contributed by atoms with Gasteiger partial charge in [-0.05, 0) is 36.2 Å². The Morgan fingerprint density at radius 3 is 2.29 bits per heavy atom. The summed E-state index contributed by atoms with van der Waals surface area (Å²) in [5.74, 6) is 0.239. The zero-order valence-corrected chi connectivity index (χ0v) is 11.4. The number of hydrogen-bond acceptors (Lipinski definition) is 4. The van der Waals surface area contributed by atoms with Crippen molar-refractivity contribution in [3.05, 3.63) is 64.2 Å². The number of rotatable bonds is 4. The van der Waals surface area contributed by atoms with E-state index in [9.17, 15) is 14.9 Å². The fraction of sp³-hybridized carbons (Fsp3) is 0.133. The first-order valence-electron chi connectivity index (χ1n) is 6.40. The molecule has 0 heterocycles. The molecule has 2 rings (SSSR count). The Morgan fingerprint density at radius 1 is 1.14 bits per heavy atom. The van der Waals surface area contributed by atoms with Crippen molar-refractivity contribution in [1.29, 1.82) is 0 Å². The van der Waals surface area contributed by atoms with Crippen molar-refractivity contribution in [1.82, 2.24) is 0 Å². The van der Waals surface area contributed by atoms with Gasteiger partial charge in [-0.25, -0.2) is 4.79 Å². The van der Waals surface area contributed by atoms with Crippen molar-refractivity contribution in [2.24, 2.45) is 0 Å². The van der Waals surface area contributed by atoms with Crippen LogP contribution in [0.2, 0.25) is 0 Å². The highest BCUT2D eigenvalue weighted by Gasteiger charge is 2.08. The topological polar surface area (TPSA) is 81.5 Å². The quantitative estimate of drug-likeness (QED) is 0.685. The van der Waals surface area contributed by atoms with Gasteiger partial charge in [-0.15, -0.1) is 0 Å². The summed E-state index contributed by atoms with van der Waals surface area (Å²) in [5.41, 5.74) is 1.74. The van der Waals surface area contributed by atoms with E-state index in [1.54, 1.807) is 12.1 Å². The molecule has 0 unspecified atom stereocenters. The molecule has 0 aliphatic heterocycles. The van der Waals surface area contributed by atoms with Crippen LogP contribution in [0.15, 0.2) is 48.5 Å². The third-order valence-corrected chi connectivity index (χ3v) is 2.87. The first kappa shape index (κ1) is 14.5. The average Bonchev–Trinajstić information content (AvgIpc) is 2.48. The normalized spacial score (nSPS) is 9.95. The molecule has 2 aromatic rings. The molecule has 0 aliphatic carbocycles. The fourth-order valence-electron chi connectivity index (χ4n) is 1.71. The Hall–Kier alpha value is -2.89. The van der Waals surface area contributed by atoms with E-state index >= 15 is 0 Å². The van der Waals surface area contributed by atoms with E-state index in [-0.39, 0.29) is 11.4 Å². The first-order valence-corrected chi connectivity index (χ1v) is 6.40. The van der Waals surface area contributed by atoms with E-state index < -0.39 is 11.0 Å². The third-order valence-electron chi connectivity index (χ3n) is 2.87. The molecular formula is C15H14N2O4. The van der Waals surface area contributed by atoms with Gasteiger partial charge in [-0.2, -0.15) is 0 Å². The van der Waals surface area contributed by atoms with Gasteiger partial charge in [0, 0.05) is 17.8 Å². The molecule has 0 aromatic heterocycles. The number of nitro benzene ring substituents is 1. The molecule has 21 heavy (non-hydrogen) atoms. The highest BCUT2D eigenvalue weighted by molar-refractivity contribution is 5.86. The van der Waals surface area contributed by atoms with Gasteiger partial charge in [-0.1, -0.05) is 19.1 Å². The lowest BCUT2D eigenvalue weighted by Gasteiger charge is -2.07. The van der Waals surface area contributed by atoms with Crippen LogP contribution in [-0.2, 0) is 6.42 Å². The molecule has 0 fully saturated rings. The molecule has 0 saturated heterocycles. The van der Waals surface area contributed by atoms with E-state index in [0.29, 0.717) is 5.69 Å². The smallest absolute Gasteiger partial charge is 0.410 e. The Kier molecular flexibility index (Phi) is 4.50. The number of benzene rings is 2. The minimum Gasteiger partial charge on any atom is -0.410 e. The van der Waals surface area contributed by atoms with Crippen LogP contribution in [0.25, 0.3) is 0 Å². The predicted octanol–water partition coefficient (Wildman–Crippen LogP) is 3.77. The summed E-state index contributed by atoms with van der Waals surface area (Å²) in [7, 11) is 0. The number of carbonyl (C=O) groups is 1. The zero-order valence-electron chi connectivity index (χ0n) is 11.4. The lowest BCUT2D eigenvalue weighted by Crippen LogP contribution is -2.16. The number of amides is 1. The van der Waals surface area contributed by atoms with Crippen molar-refractivity contribution >= 4 is 17.5 Å². The second-order valence-electron chi connectivity index (χ2n) is 4.32. The SMILES string of the molecule is CCc1ccc(NC(=O)Oc2ccc([N+](=O)[O-])cc2)cc1. The monoisotopic (exact) mass is 286 g/mol. The fourth-order valence-corrected chi connectivity index (χ4v) is 1.71. The average molecular weight is 286 g/mol. The standard InChI is InChI=1S/C15H14N2O4/c1-2-11-3-5-12(6-4-11)16-15(18)21-14-9-7-13(8-10-14)17(19)20/h3-10H,2H2,1H3,(H,16,18). The van der Waals surface area contributed by atoms with Crippen molar-refractivity contribution in [3.63, 3.8) is 0 Å². The van der Waals surface area contributed by atoms with Crippen LogP contribution in [0.3, 0.4) is 0 Å². The van der Waals surface area contributed by atoms with Crippen LogP contribution in [-0.4, -0.2) is 11.0 Å². The van der Waals surface area contributed by atoms with Crippen molar-refractivity contribution in [2.75, 3.05) is 5.32 Å². The predicted molar refractivity (Wildman–Crippen MR) is 78.6 cm³/mol. The van der Waals surface area contributed by atoms with Crippen LogP contribution in [0, 0.1) is 10.1 Å². The summed E-state index contributed by atoms with van der Waals surface area (Å²) in [5, 5.41) is 13.1. The Balaban J connectivity index is 1.95. The van der Waals surface area contributed by atoms with Crippen molar-refractivity contribution < 1.29 is 14.5 Å². The molecule has 0 aliphatic rings. The summed E-state index contributed by atoms with van der Waals surface area (Å²) >= 11 is 0. The number of anilines is 1. The Bertz CT molecular complexity index is 636. The van der Waals surface area contributed by atoms with Gasteiger partial charge >= 0.3 is 6.09 Å². The molecule has 0 radical (unpaired) electrons. The number of nitrogens with one attached hydrogen (secondary N) is 1. The van der Waals surface area contributed by atoms with Gasteiger partial charge in [0.15, 0.2) is 0 Å². The summed E-state index contributed by atoms with van der Waals surface area (Å²) in [6, 6.07) is 12.7. The summed E-state index contributed by atoms with van der Waals surface area (Å²) < 4.78 is 5.04. The van der Waals surface area contributed by atoms with Gasteiger partial charge < -0.3 is 4.74 Å². The maximum Gasteiger partial charge on any atom is 0.417 e. The number of hydrogen-bond donors (Lipinski definition) is 1. The highest BCUT2D eigenvalue weighted by Crippen LogP contribution is 2.18. The first-order chi connectivity index (χ1) is 10.1. The number of non-ortho nitro benzene ring substituents is 1. The second-order valence-corrected chi connectivity index (χ2v) is 4.32. The van der Waals surface area contributed by atoms with E-state index in [2.05, 4.69) is 5.32 Å². The number of carbonyl (C=O) groups excluding carboxylic acids is 1. The number of aryl methyl sites for hydroxylation is 1. The highest BCUT2D eigenvalue weighted by atomic mass is 16.6. The maximum atomic E-state index is 11.7. The summed E-state index contributed by atoms with van der Waals surface area (Å²) in [6.07, 6.45) is 0.279. The van der Waals surface area contributed by atoms with E-state index in [1.165, 1.54) is 29.8 Å². The van der Waals surface area contributed by atoms with Crippen molar-refractivity contribution in [2.45, 2.75) is 13.3 Å². The molecule has 6 heteroatoms. The molecule has 6 nitrogen and oxygen atoms in total. The molecule has 0 atom stereocenters. The van der Waals surface area contributed by atoms with Crippen LogP contribution in [0.5, 0.6) is 5.75 Å². The molecule has 0 saturated carbocycles. The van der Waals surface area contributed by atoms with Gasteiger partial charge in [0.1, 0.15) is 5.75 Å². The van der Waals surface area contributed by atoms with Crippen LogP contribution < -0.4 is 10.1 Å². The molecule has 108 valence electrons. The Morgan fingerprint density at radius 2 is 1.76 bits per heavy atom. The lowest BCUT2D eigenvalue weighted by atomic mass is 10.1. The third kappa shape index (κ3) is 4.04. The summed E-state index contributed by atoms with van der Waals surface area (Å²) in [6.45, 7) is 2.05. The van der Waals surface area contributed by atoms with Gasteiger partial charge in [0.2, 0.25) is 0 Å². The number of nitrogens with zero attached hydrogens (tertiary/aromatic N) is 1. The van der Waals surface area contributed by atoms with Gasteiger partial charge in [0.05, 0.1) is 4.92 Å². The van der Waals surface area contributed by atoms with Crippen LogP contribution in [0.4, 0.5) is 16.2 Å². The minimum atomic E-state index is -0.645. The lowest BCUT2D eigenvalue weighted by molar-refractivity contribution is -0.384. The number of nitro groups is 1. The van der Waals surface area contributed by atoms with Crippen molar-refractivity contribution in [3.8, 4) is 5.75 Å². The van der Waals surface area contributed by atoms with Gasteiger partial charge in [-0.3, -0.25) is 15.4 Å². The van der Waals surface area contributed by atoms with Crippen LogP contribution >= 0.6 is 0 Å². The summed E-state index contributed by atoms with van der Waals surface area (Å²) in [4.78, 5) is 21.7. The zero-order chi connectivity index (χ0) is 15.2. The number of ether oxygens (including phenoxy) is 1. The molecule has 2 aromatic carbocycles.